The van der Waals surface area contributed by atoms with Crippen LogP contribution in [0.25, 0.3) is 11.3 Å². The number of benzene rings is 3. The minimum absolute atomic E-state index is 0.0173. The molecule has 0 aliphatic heterocycles. The van der Waals surface area contributed by atoms with Crippen LogP contribution in [-0.4, -0.2) is 40.8 Å². The molecule has 4 aromatic rings. The quantitative estimate of drug-likeness (QED) is 0.255. The van der Waals surface area contributed by atoms with Gasteiger partial charge in [-0.2, -0.15) is 5.10 Å². The molecule has 0 saturated heterocycles. The van der Waals surface area contributed by atoms with Crippen molar-refractivity contribution in [1.82, 2.24) is 14.7 Å². The van der Waals surface area contributed by atoms with Crippen molar-refractivity contribution in [2.75, 3.05) is 14.2 Å². The van der Waals surface area contributed by atoms with E-state index in [1.807, 2.05) is 84.7 Å². The van der Waals surface area contributed by atoms with E-state index in [-0.39, 0.29) is 11.9 Å². The molecule has 192 valence electrons. The summed E-state index contributed by atoms with van der Waals surface area (Å²) in [6.45, 7) is 4.46. The van der Waals surface area contributed by atoms with Crippen molar-refractivity contribution < 1.29 is 19.0 Å². The molecule has 1 unspecified atom stereocenters. The molecule has 1 heterocycles. The van der Waals surface area contributed by atoms with Gasteiger partial charge in [0, 0.05) is 24.2 Å². The number of nitrogens with zero attached hydrogens (tertiary/aromatic N) is 3. The molecule has 0 fully saturated rings. The summed E-state index contributed by atoms with van der Waals surface area (Å²) in [5.74, 6) is 2.54. The summed E-state index contributed by atoms with van der Waals surface area (Å²) in [7, 11) is 5.08. The molecule has 0 aliphatic carbocycles. The Hall–Kier alpha value is -4.26. The average molecular weight is 500 g/mol. The van der Waals surface area contributed by atoms with Gasteiger partial charge in [-0.25, -0.2) is 4.68 Å². The van der Waals surface area contributed by atoms with Gasteiger partial charge in [-0.05, 0) is 55.8 Å². The monoisotopic (exact) mass is 499 g/mol. The second-order valence-electron chi connectivity index (χ2n) is 8.82. The molecule has 0 aliphatic rings. The van der Waals surface area contributed by atoms with Gasteiger partial charge >= 0.3 is 0 Å². The van der Waals surface area contributed by atoms with E-state index in [0.717, 1.165) is 29.0 Å². The molecule has 1 amide bonds. The third kappa shape index (κ3) is 5.77. The summed E-state index contributed by atoms with van der Waals surface area (Å²) in [6, 6.07) is 24.6. The lowest BCUT2D eigenvalue weighted by molar-refractivity contribution is 0.0670. The van der Waals surface area contributed by atoms with Crippen LogP contribution in [0.15, 0.2) is 78.9 Å². The molecular formula is C30H33N3O4. The van der Waals surface area contributed by atoms with Gasteiger partial charge in [-0.15, -0.1) is 0 Å². The zero-order valence-corrected chi connectivity index (χ0v) is 22.0. The van der Waals surface area contributed by atoms with E-state index in [4.69, 9.17) is 19.3 Å². The maximum atomic E-state index is 13.8. The van der Waals surface area contributed by atoms with Gasteiger partial charge in [0.05, 0.1) is 26.3 Å². The number of hydrogen-bond acceptors (Lipinski definition) is 5. The summed E-state index contributed by atoms with van der Waals surface area (Å²) < 4.78 is 18.7. The van der Waals surface area contributed by atoms with Crippen molar-refractivity contribution in [3.8, 4) is 34.4 Å². The highest BCUT2D eigenvalue weighted by atomic mass is 16.5. The van der Waals surface area contributed by atoms with Crippen LogP contribution < -0.4 is 14.2 Å². The Kier molecular flexibility index (Phi) is 8.13. The predicted octanol–water partition coefficient (Wildman–Crippen LogP) is 6.34. The first-order chi connectivity index (χ1) is 17.9. The van der Waals surface area contributed by atoms with Gasteiger partial charge in [0.2, 0.25) is 5.88 Å². The smallest absolute Gasteiger partial charge is 0.254 e. The van der Waals surface area contributed by atoms with Gasteiger partial charge < -0.3 is 19.1 Å². The Morgan fingerprint density at radius 1 is 0.919 bits per heavy atom. The highest BCUT2D eigenvalue weighted by Crippen LogP contribution is 2.35. The van der Waals surface area contributed by atoms with Crippen LogP contribution in [0.3, 0.4) is 0 Å². The van der Waals surface area contributed by atoms with Crippen molar-refractivity contribution in [2.45, 2.75) is 32.9 Å². The van der Waals surface area contributed by atoms with Gasteiger partial charge in [0.15, 0.2) is 0 Å². The molecule has 0 spiro atoms. The SMILES string of the molecule is CCC(C)N(Cc1c(-c2ccccc2)nn(C)c1Oc1ccc(OC)cc1)C(=O)c1cccc(OC)c1. The van der Waals surface area contributed by atoms with E-state index in [2.05, 4.69) is 13.8 Å². The van der Waals surface area contributed by atoms with Crippen molar-refractivity contribution in [3.63, 3.8) is 0 Å². The number of carbonyl (C=O) groups excluding carboxylic acids is 1. The number of amides is 1. The summed E-state index contributed by atoms with van der Waals surface area (Å²) in [4.78, 5) is 15.7. The highest BCUT2D eigenvalue weighted by molar-refractivity contribution is 5.95. The molecule has 3 aromatic carbocycles. The highest BCUT2D eigenvalue weighted by Gasteiger charge is 2.27. The van der Waals surface area contributed by atoms with Crippen LogP contribution in [0.4, 0.5) is 0 Å². The average Bonchev–Trinajstić information content (AvgIpc) is 3.26. The third-order valence-electron chi connectivity index (χ3n) is 6.44. The third-order valence-corrected chi connectivity index (χ3v) is 6.44. The van der Waals surface area contributed by atoms with Crippen molar-refractivity contribution in [1.29, 1.82) is 0 Å². The van der Waals surface area contributed by atoms with Crippen LogP contribution in [-0.2, 0) is 13.6 Å². The molecule has 0 saturated carbocycles. The van der Waals surface area contributed by atoms with E-state index < -0.39 is 0 Å². The van der Waals surface area contributed by atoms with Crippen molar-refractivity contribution >= 4 is 5.91 Å². The number of rotatable bonds is 10. The van der Waals surface area contributed by atoms with Crippen molar-refractivity contribution in [2.24, 2.45) is 7.05 Å². The molecular weight excluding hydrogens is 466 g/mol. The lowest BCUT2D eigenvalue weighted by Crippen LogP contribution is -2.38. The van der Waals surface area contributed by atoms with E-state index in [1.54, 1.807) is 25.0 Å². The fourth-order valence-corrected chi connectivity index (χ4v) is 4.15. The Morgan fingerprint density at radius 3 is 2.24 bits per heavy atom. The first-order valence-electron chi connectivity index (χ1n) is 12.3. The van der Waals surface area contributed by atoms with Crippen LogP contribution >= 0.6 is 0 Å². The van der Waals surface area contributed by atoms with Gasteiger partial charge in [0.1, 0.15) is 22.9 Å². The molecule has 7 heteroatoms. The van der Waals surface area contributed by atoms with E-state index in [1.165, 1.54) is 0 Å². The Balaban J connectivity index is 1.78. The van der Waals surface area contributed by atoms with E-state index in [9.17, 15) is 4.79 Å². The molecule has 0 radical (unpaired) electrons. The Morgan fingerprint density at radius 2 is 1.59 bits per heavy atom. The first kappa shape index (κ1) is 25.8. The topological polar surface area (TPSA) is 65.8 Å². The first-order valence-corrected chi connectivity index (χ1v) is 12.3. The second kappa shape index (κ2) is 11.6. The fraction of sp³-hybridized carbons (Fsp3) is 0.267. The molecule has 1 atom stereocenters. The van der Waals surface area contributed by atoms with Gasteiger partial charge in [-0.3, -0.25) is 4.79 Å². The summed E-state index contributed by atoms with van der Waals surface area (Å²) in [5, 5.41) is 4.82. The maximum Gasteiger partial charge on any atom is 0.254 e. The number of hydrogen-bond donors (Lipinski definition) is 0. The number of methoxy groups -OCH3 is 2. The second-order valence-corrected chi connectivity index (χ2v) is 8.82. The number of aryl methyl sites for hydroxylation is 1. The predicted molar refractivity (Wildman–Crippen MR) is 144 cm³/mol. The lowest BCUT2D eigenvalue weighted by atomic mass is 10.0. The molecule has 4 rings (SSSR count). The van der Waals surface area contributed by atoms with Crippen LogP contribution in [0.1, 0.15) is 36.2 Å². The summed E-state index contributed by atoms with van der Waals surface area (Å²) in [6.07, 6.45) is 0.797. The summed E-state index contributed by atoms with van der Waals surface area (Å²) >= 11 is 0. The number of aromatic nitrogens is 2. The molecule has 0 bridgehead atoms. The van der Waals surface area contributed by atoms with Crippen LogP contribution in [0.5, 0.6) is 23.1 Å². The van der Waals surface area contributed by atoms with E-state index in [0.29, 0.717) is 29.5 Å². The van der Waals surface area contributed by atoms with Crippen LogP contribution in [0.2, 0.25) is 0 Å². The zero-order valence-electron chi connectivity index (χ0n) is 22.0. The largest absolute Gasteiger partial charge is 0.497 e. The van der Waals surface area contributed by atoms with Gasteiger partial charge in [0.25, 0.3) is 5.91 Å². The Bertz CT molecular complexity index is 1330. The lowest BCUT2D eigenvalue weighted by Gasteiger charge is -2.29. The number of ether oxygens (including phenoxy) is 3. The molecule has 37 heavy (non-hydrogen) atoms. The Labute approximate surface area is 218 Å². The minimum atomic E-state index is -0.0773. The molecule has 7 nitrogen and oxygen atoms in total. The molecule has 1 aromatic heterocycles. The molecule has 0 N–H and O–H groups in total. The van der Waals surface area contributed by atoms with Crippen molar-refractivity contribution in [3.05, 3.63) is 90.0 Å². The maximum absolute atomic E-state index is 13.8. The minimum Gasteiger partial charge on any atom is -0.497 e. The zero-order chi connectivity index (χ0) is 26.4. The summed E-state index contributed by atoms with van der Waals surface area (Å²) in [5.41, 5.74) is 3.14. The van der Waals surface area contributed by atoms with Gasteiger partial charge in [-0.1, -0.05) is 43.3 Å². The standard InChI is InChI=1S/C30H33N3O4/c1-6-21(2)33(29(34)23-13-10-14-26(19-23)36-5)20-27-28(22-11-8-7-9-12-22)31-32(3)30(27)37-25-17-15-24(35-4)16-18-25/h7-19,21H,6,20H2,1-5H3. The van der Waals surface area contributed by atoms with Crippen LogP contribution in [0, 0.1) is 0 Å². The van der Waals surface area contributed by atoms with E-state index >= 15 is 0 Å². The fourth-order valence-electron chi connectivity index (χ4n) is 4.15. The normalized spacial score (nSPS) is 11.6. The number of carbonyl (C=O) groups is 1.